The van der Waals surface area contributed by atoms with Crippen LogP contribution in [0, 0.1) is 10.1 Å². The highest BCUT2D eigenvalue weighted by atomic mass is 35.5. The van der Waals surface area contributed by atoms with Gasteiger partial charge in [-0.3, -0.25) is 14.9 Å². The van der Waals surface area contributed by atoms with E-state index in [9.17, 15) is 14.9 Å². The van der Waals surface area contributed by atoms with Crippen LogP contribution in [-0.4, -0.2) is 27.9 Å². The second kappa shape index (κ2) is 7.49. The number of nitrogens with one attached hydrogen (secondary N) is 1. The molecule has 1 heterocycles. The average molecular weight is 357 g/mol. The number of carbonyl (C=O) groups is 1. The molecule has 0 fully saturated rings. The number of nitrogens with zero attached hydrogens (tertiary/aromatic N) is 2. The van der Waals surface area contributed by atoms with E-state index in [2.05, 4.69) is 10.3 Å². The van der Waals surface area contributed by atoms with Crippen LogP contribution in [0.3, 0.4) is 0 Å². The number of benzene rings is 1. The van der Waals surface area contributed by atoms with E-state index in [4.69, 9.17) is 5.73 Å². The van der Waals surface area contributed by atoms with Crippen LogP contribution in [0.1, 0.15) is 24.3 Å². The molecule has 1 aromatic heterocycles. The van der Waals surface area contributed by atoms with Crippen LogP contribution in [0.15, 0.2) is 29.6 Å². The Labute approximate surface area is 143 Å². The number of halogens is 1. The lowest BCUT2D eigenvalue weighted by Gasteiger charge is -2.18. The van der Waals surface area contributed by atoms with E-state index >= 15 is 0 Å². The molecule has 0 radical (unpaired) electrons. The molecular formula is C14H17ClN4O3S. The quantitative estimate of drug-likeness (QED) is 0.631. The van der Waals surface area contributed by atoms with Crippen LogP contribution in [0.2, 0.25) is 0 Å². The fourth-order valence-corrected chi connectivity index (χ4v) is 2.46. The summed E-state index contributed by atoms with van der Waals surface area (Å²) in [4.78, 5) is 26.5. The minimum absolute atomic E-state index is 0. The zero-order chi connectivity index (χ0) is 16.3. The summed E-state index contributed by atoms with van der Waals surface area (Å²) in [5.41, 5.74) is 6.17. The fourth-order valence-electron chi connectivity index (χ4n) is 1.66. The molecule has 124 valence electrons. The van der Waals surface area contributed by atoms with Gasteiger partial charge in [0.2, 0.25) is 0 Å². The van der Waals surface area contributed by atoms with Crippen molar-refractivity contribution in [3.05, 3.63) is 45.5 Å². The summed E-state index contributed by atoms with van der Waals surface area (Å²) in [6.45, 7) is 3.95. The second-order valence-electron chi connectivity index (χ2n) is 5.52. The monoisotopic (exact) mass is 356 g/mol. The first kappa shape index (κ1) is 19.0. The number of non-ortho nitro benzene ring substituents is 1. The number of rotatable bonds is 5. The average Bonchev–Trinajstić information content (AvgIpc) is 2.94. The van der Waals surface area contributed by atoms with Crippen molar-refractivity contribution in [2.24, 2.45) is 5.73 Å². The number of hydrogen-bond donors (Lipinski definition) is 2. The molecule has 0 bridgehead atoms. The predicted octanol–water partition coefficient (Wildman–Crippen LogP) is 2.61. The Kier molecular flexibility index (Phi) is 6.20. The molecule has 0 saturated carbocycles. The van der Waals surface area contributed by atoms with E-state index in [-0.39, 0.29) is 29.7 Å². The third-order valence-corrected chi connectivity index (χ3v) is 3.64. The van der Waals surface area contributed by atoms with Gasteiger partial charge in [0.05, 0.1) is 4.92 Å². The molecule has 1 aromatic carbocycles. The van der Waals surface area contributed by atoms with Gasteiger partial charge in [0.15, 0.2) is 0 Å². The predicted molar refractivity (Wildman–Crippen MR) is 92.1 cm³/mol. The molecule has 3 N–H and O–H groups in total. The smallest absolute Gasteiger partial charge is 0.270 e. The largest absolute Gasteiger partial charge is 0.349 e. The van der Waals surface area contributed by atoms with Gasteiger partial charge in [0.1, 0.15) is 10.7 Å². The summed E-state index contributed by atoms with van der Waals surface area (Å²) in [6, 6.07) is 6.15. The van der Waals surface area contributed by atoms with Crippen LogP contribution in [0.25, 0.3) is 10.6 Å². The number of nitro groups is 1. The fraction of sp³-hybridized carbons (Fsp3) is 0.286. The minimum Gasteiger partial charge on any atom is -0.349 e. The van der Waals surface area contributed by atoms with Gasteiger partial charge in [-0.25, -0.2) is 4.98 Å². The summed E-state index contributed by atoms with van der Waals surface area (Å²) < 4.78 is 0. The lowest BCUT2D eigenvalue weighted by molar-refractivity contribution is -0.384. The SMILES string of the molecule is CC(C)(N)CNC(=O)c1csc(-c2cccc([N+](=O)[O-])c2)n1.Cl. The van der Waals surface area contributed by atoms with Gasteiger partial charge in [-0.15, -0.1) is 23.7 Å². The van der Waals surface area contributed by atoms with Gasteiger partial charge >= 0.3 is 0 Å². The van der Waals surface area contributed by atoms with Gasteiger partial charge in [-0.2, -0.15) is 0 Å². The summed E-state index contributed by atoms with van der Waals surface area (Å²) in [5.74, 6) is -0.313. The molecule has 0 aliphatic carbocycles. The first-order valence-corrected chi connectivity index (χ1v) is 7.42. The normalized spacial score (nSPS) is 10.7. The molecule has 0 unspecified atom stereocenters. The summed E-state index contributed by atoms with van der Waals surface area (Å²) in [6.07, 6.45) is 0. The van der Waals surface area contributed by atoms with Crippen LogP contribution >= 0.6 is 23.7 Å². The molecule has 9 heteroatoms. The lowest BCUT2D eigenvalue weighted by atomic mass is 10.1. The highest BCUT2D eigenvalue weighted by Crippen LogP contribution is 2.26. The second-order valence-corrected chi connectivity index (χ2v) is 6.37. The number of thiazole rings is 1. The van der Waals surface area contributed by atoms with Gasteiger partial charge in [-0.1, -0.05) is 12.1 Å². The Bertz CT molecular complexity index is 712. The number of carbonyl (C=O) groups excluding carboxylic acids is 1. The molecule has 2 aromatic rings. The van der Waals surface area contributed by atoms with Crippen molar-refractivity contribution in [2.45, 2.75) is 19.4 Å². The van der Waals surface area contributed by atoms with Gasteiger partial charge < -0.3 is 11.1 Å². The van der Waals surface area contributed by atoms with Crippen molar-refractivity contribution >= 4 is 35.3 Å². The van der Waals surface area contributed by atoms with Crippen molar-refractivity contribution in [1.29, 1.82) is 0 Å². The maximum absolute atomic E-state index is 12.0. The minimum atomic E-state index is -0.505. The molecular weight excluding hydrogens is 340 g/mol. The number of nitro benzene ring substituents is 1. The van der Waals surface area contributed by atoms with Crippen LogP contribution < -0.4 is 11.1 Å². The van der Waals surface area contributed by atoms with Crippen molar-refractivity contribution in [2.75, 3.05) is 6.54 Å². The number of aromatic nitrogens is 1. The third kappa shape index (κ3) is 5.27. The molecule has 0 spiro atoms. The van der Waals surface area contributed by atoms with Gasteiger partial charge in [-0.05, 0) is 13.8 Å². The van der Waals surface area contributed by atoms with E-state index in [1.54, 1.807) is 17.5 Å². The maximum atomic E-state index is 12.0. The molecule has 1 amide bonds. The standard InChI is InChI=1S/C14H16N4O3S.ClH/c1-14(2,15)8-16-12(19)11-7-22-13(17-11)9-4-3-5-10(6-9)18(20)21;/h3-7H,8,15H2,1-2H3,(H,16,19);1H. The molecule has 0 saturated heterocycles. The van der Waals surface area contributed by atoms with E-state index < -0.39 is 10.5 Å². The van der Waals surface area contributed by atoms with Crippen LogP contribution in [-0.2, 0) is 0 Å². The molecule has 0 atom stereocenters. The van der Waals surface area contributed by atoms with Crippen molar-refractivity contribution in [3.8, 4) is 10.6 Å². The summed E-state index contributed by atoms with van der Waals surface area (Å²) >= 11 is 1.26. The van der Waals surface area contributed by atoms with Crippen LogP contribution in [0.5, 0.6) is 0 Å². The third-order valence-electron chi connectivity index (χ3n) is 2.75. The summed E-state index contributed by atoms with van der Waals surface area (Å²) in [5, 5.41) is 15.7. The summed E-state index contributed by atoms with van der Waals surface area (Å²) in [7, 11) is 0. The Balaban J connectivity index is 0.00000264. The highest BCUT2D eigenvalue weighted by molar-refractivity contribution is 7.13. The molecule has 23 heavy (non-hydrogen) atoms. The Morgan fingerprint density at radius 2 is 2.17 bits per heavy atom. The molecule has 0 aliphatic heterocycles. The lowest BCUT2D eigenvalue weighted by Crippen LogP contribution is -2.45. The van der Waals surface area contributed by atoms with Crippen molar-refractivity contribution < 1.29 is 9.72 Å². The van der Waals surface area contributed by atoms with Gasteiger partial charge in [0.25, 0.3) is 11.6 Å². The number of nitrogens with two attached hydrogens (primary N) is 1. The van der Waals surface area contributed by atoms with E-state index in [1.807, 2.05) is 13.8 Å². The zero-order valence-electron chi connectivity index (χ0n) is 12.6. The zero-order valence-corrected chi connectivity index (χ0v) is 14.2. The van der Waals surface area contributed by atoms with Gasteiger partial charge in [0, 0.05) is 35.2 Å². The van der Waals surface area contributed by atoms with Crippen LogP contribution in [0.4, 0.5) is 5.69 Å². The molecule has 7 nitrogen and oxygen atoms in total. The van der Waals surface area contributed by atoms with E-state index in [0.717, 1.165) is 0 Å². The van der Waals surface area contributed by atoms with Crippen molar-refractivity contribution in [3.63, 3.8) is 0 Å². The highest BCUT2D eigenvalue weighted by Gasteiger charge is 2.16. The van der Waals surface area contributed by atoms with E-state index in [1.165, 1.54) is 23.5 Å². The topological polar surface area (TPSA) is 111 Å². The first-order valence-electron chi connectivity index (χ1n) is 6.54. The Hall–Kier alpha value is -2.03. The maximum Gasteiger partial charge on any atom is 0.270 e. The first-order chi connectivity index (χ1) is 10.3. The van der Waals surface area contributed by atoms with E-state index in [0.29, 0.717) is 17.1 Å². The molecule has 0 aliphatic rings. The number of amides is 1. The van der Waals surface area contributed by atoms with Crippen molar-refractivity contribution in [1.82, 2.24) is 10.3 Å². The Morgan fingerprint density at radius 1 is 1.48 bits per heavy atom. The Morgan fingerprint density at radius 3 is 2.78 bits per heavy atom. The number of hydrogen-bond acceptors (Lipinski definition) is 6. The molecule has 2 rings (SSSR count).